The summed E-state index contributed by atoms with van der Waals surface area (Å²) in [5, 5.41) is 7.22. The molecular formula is C22H19FN4O3. The molecule has 1 N–H and O–H groups in total. The van der Waals surface area contributed by atoms with Crippen molar-refractivity contribution in [2.75, 3.05) is 11.9 Å². The Morgan fingerprint density at radius 2 is 1.97 bits per heavy atom. The van der Waals surface area contributed by atoms with E-state index in [4.69, 9.17) is 9.26 Å². The SMILES string of the molecule is Cc1ccc(C)c(NC(=O)COc2nc(C)nc3onc(-c4cccc(F)c4)c23)c1. The highest BCUT2D eigenvalue weighted by molar-refractivity contribution is 5.95. The third kappa shape index (κ3) is 3.98. The van der Waals surface area contributed by atoms with Gasteiger partial charge in [-0.25, -0.2) is 4.39 Å². The summed E-state index contributed by atoms with van der Waals surface area (Å²) >= 11 is 0. The Kier molecular flexibility index (Phi) is 5.14. The normalized spacial score (nSPS) is 10.9. The lowest BCUT2D eigenvalue weighted by molar-refractivity contribution is -0.118. The van der Waals surface area contributed by atoms with Crippen molar-refractivity contribution < 1.29 is 18.4 Å². The van der Waals surface area contributed by atoms with E-state index in [0.29, 0.717) is 22.5 Å². The molecule has 0 fully saturated rings. The summed E-state index contributed by atoms with van der Waals surface area (Å²) < 4.78 is 24.7. The molecular weight excluding hydrogens is 387 g/mol. The summed E-state index contributed by atoms with van der Waals surface area (Å²) in [4.78, 5) is 20.9. The highest BCUT2D eigenvalue weighted by atomic mass is 19.1. The lowest BCUT2D eigenvalue weighted by atomic mass is 10.1. The van der Waals surface area contributed by atoms with Crippen LogP contribution in [0.25, 0.3) is 22.4 Å². The molecule has 0 saturated carbocycles. The first-order valence-electron chi connectivity index (χ1n) is 9.30. The number of ether oxygens (including phenoxy) is 1. The molecule has 0 unspecified atom stereocenters. The fourth-order valence-electron chi connectivity index (χ4n) is 3.05. The highest BCUT2D eigenvalue weighted by Crippen LogP contribution is 2.33. The highest BCUT2D eigenvalue weighted by Gasteiger charge is 2.20. The number of hydrogen-bond donors (Lipinski definition) is 1. The van der Waals surface area contributed by atoms with Crippen molar-refractivity contribution in [3.05, 3.63) is 65.2 Å². The monoisotopic (exact) mass is 406 g/mol. The third-order valence-corrected chi connectivity index (χ3v) is 4.52. The number of aryl methyl sites for hydroxylation is 3. The first kappa shape index (κ1) is 19.5. The van der Waals surface area contributed by atoms with Gasteiger partial charge < -0.3 is 14.6 Å². The number of carbonyl (C=O) groups excluding carboxylic acids is 1. The Labute approximate surface area is 171 Å². The molecule has 0 aliphatic heterocycles. The van der Waals surface area contributed by atoms with Crippen molar-refractivity contribution in [2.24, 2.45) is 0 Å². The van der Waals surface area contributed by atoms with Gasteiger partial charge in [0.15, 0.2) is 6.61 Å². The van der Waals surface area contributed by atoms with Crippen LogP contribution in [-0.4, -0.2) is 27.6 Å². The largest absolute Gasteiger partial charge is 0.467 e. The molecule has 8 heteroatoms. The van der Waals surface area contributed by atoms with Crippen LogP contribution in [0.15, 0.2) is 47.0 Å². The number of rotatable bonds is 5. The molecule has 0 atom stereocenters. The van der Waals surface area contributed by atoms with Gasteiger partial charge in [0.05, 0.1) is 0 Å². The van der Waals surface area contributed by atoms with Crippen molar-refractivity contribution >= 4 is 22.7 Å². The average molecular weight is 406 g/mol. The fourth-order valence-corrected chi connectivity index (χ4v) is 3.05. The van der Waals surface area contributed by atoms with E-state index < -0.39 is 5.82 Å². The molecule has 0 spiro atoms. The van der Waals surface area contributed by atoms with E-state index in [1.807, 2.05) is 32.0 Å². The summed E-state index contributed by atoms with van der Waals surface area (Å²) in [7, 11) is 0. The maximum Gasteiger partial charge on any atom is 0.265 e. The topological polar surface area (TPSA) is 90.1 Å². The number of benzene rings is 2. The van der Waals surface area contributed by atoms with E-state index in [1.54, 1.807) is 19.1 Å². The zero-order chi connectivity index (χ0) is 21.3. The van der Waals surface area contributed by atoms with Gasteiger partial charge in [-0.3, -0.25) is 4.79 Å². The van der Waals surface area contributed by atoms with E-state index in [0.717, 1.165) is 16.8 Å². The first-order chi connectivity index (χ1) is 14.4. The second-order valence-corrected chi connectivity index (χ2v) is 6.95. The van der Waals surface area contributed by atoms with Gasteiger partial charge >= 0.3 is 0 Å². The second kappa shape index (κ2) is 7.90. The zero-order valence-electron chi connectivity index (χ0n) is 16.7. The smallest absolute Gasteiger partial charge is 0.265 e. The van der Waals surface area contributed by atoms with E-state index >= 15 is 0 Å². The lowest BCUT2D eigenvalue weighted by Gasteiger charge is -2.11. The number of nitrogens with one attached hydrogen (secondary N) is 1. The quantitative estimate of drug-likeness (QED) is 0.529. The van der Waals surface area contributed by atoms with Crippen molar-refractivity contribution in [3.8, 4) is 17.1 Å². The fraction of sp³-hybridized carbons (Fsp3) is 0.182. The number of nitrogens with zero attached hydrogens (tertiary/aromatic N) is 3. The lowest BCUT2D eigenvalue weighted by Crippen LogP contribution is -2.21. The maximum atomic E-state index is 13.7. The molecule has 2 aromatic carbocycles. The molecule has 0 radical (unpaired) electrons. The number of halogens is 1. The van der Waals surface area contributed by atoms with E-state index in [1.165, 1.54) is 12.1 Å². The van der Waals surface area contributed by atoms with Gasteiger partial charge in [0, 0.05) is 11.3 Å². The van der Waals surface area contributed by atoms with Gasteiger partial charge in [-0.1, -0.05) is 29.4 Å². The third-order valence-electron chi connectivity index (χ3n) is 4.52. The zero-order valence-corrected chi connectivity index (χ0v) is 16.7. The first-order valence-corrected chi connectivity index (χ1v) is 9.30. The standard InChI is InChI=1S/C22H19FN4O3/c1-12-7-8-13(2)17(9-12)26-18(28)11-29-21-19-20(15-5-4-6-16(23)10-15)27-30-22(19)25-14(3)24-21/h4-10H,11H2,1-3H3,(H,26,28). The molecule has 1 amide bonds. The van der Waals surface area contributed by atoms with Gasteiger partial charge in [0.25, 0.3) is 11.6 Å². The van der Waals surface area contributed by atoms with Crippen LogP contribution in [0.1, 0.15) is 17.0 Å². The molecule has 0 aliphatic rings. The van der Waals surface area contributed by atoms with Crippen molar-refractivity contribution in [3.63, 3.8) is 0 Å². The number of anilines is 1. The summed E-state index contributed by atoms with van der Waals surface area (Å²) in [5.41, 5.74) is 3.74. The van der Waals surface area contributed by atoms with Crippen LogP contribution in [0.4, 0.5) is 10.1 Å². The summed E-state index contributed by atoms with van der Waals surface area (Å²) in [6.07, 6.45) is 0. The van der Waals surface area contributed by atoms with Crippen LogP contribution in [-0.2, 0) is 4.79 Å². The predicted octanol–water partition coefficient (Wildman–Crippen LogP) is 4.37. The van der Waals surface area contributed by atoms with Crippen molar-refractivity contribution in [2.45, 2.75) is 20.8 Å². The van der Waals surface area contributed by atoms with Gasteiger partial charge in [-0.2, -0.15) is 9.97 Å². The number of fused-ring (bicyclic) bond motifs is 1. The molecule has 4 rings (SSSR count). The molecule has 2 aromatic heterocycles. The van der Waals surface area contributed by atoms with E-state index in [9.17, 15) is 9.18 Å². The molecule has 4 aromatic rings. The van der Waals surface area contributed by atoms with Crippen molar-refractivity contribution in [1.29, 1.82) is 0 Å². The van der Waals surface area contributed by atoms with Crippen LogP contribution in [0.2, 0.25) is 0 Å². The van der Waals surface area contributed by atoms with Gasteiger partial charge in [-0.15, -0.1) is 0 Å². The van der Waals surface area contributed by atoms with Crippen LogP contribution < -0.4 is 10.1 Å². The van der Waals surface area contributed by atoms with Crippen LogP contribution >= 0.6 is 0 Å². The van der Waals surface area contributed by atoms with E-state index in [-0.39, 0.29) is 24.1 Å². The number of carbonyl (C=O) groups is 1. The second-order valence-electron chi connectivity index (χ2n) is 6.95. The molecule has 152 valence electrons. The van der Waals surface area contributed by atoms with Crippen LogP contribution in [0, 0.1) is 26.6 Å². The molecule has 0 bridgehead atoms. The molecule has 0 aliphatic carbocycles. The van der Waals surface area contributed by atoms with Crippen LogP contribution in [0.5, 0.6) is 5.88 Å². The maximum absolute atomic E-state index is 13.7. The average Bonchev–Trinajstić information content (AvgIpc) is 3.13. The molecule has 30 heavy (non-hydrogen) atoms. The summed E-state index contributed by atoms with van der Waals surface area (Å²) in [6.45, 7) is 5.26. The predicted molar refractivity (Wildman–Crippen MR) is 110 cm³/mol. The van der Waals surface area contributed by atoms with Gasteiger partial charge in [0.1, 0.15) is 22.7 Å². The van der Waals surface area contributed by atoms with E-state index in [2.05, 4.69) is 20.4 Å². The Morgan fingerprint density at radius 1 is 1.13 bits per heavy atom. The van der Waals surface area contributed by atoms with Crippen LogP contribution in [0.3, 0.4) is 0 Å². The minimum absolute atomic E-state index is 0.147. The minimum Gasteiger partial charge on any atom is -0.467 e. The number of aromatic nitrogens is 3. The number of amides is 1. The summed E-state index contributed by atoms with van der Waals surface area (Å²) in [5.74, 6) is -0.201. The van der Waals surface area contributed by atoms with Gasteiger partial charge in [-0.05, 0) is 50.1 Å². The number of hydrogen-bond acceptors (Lipinski definition) is 6. The molecule has 0 saturated heterocycles. The molecule has 7 nitrogen and oxygen atoms in total. The summed E-state index contributed by atoms with van der Waals surface area (Å²) in [6, 6.07) is 11.7. The molecule has 2 heterocycles. The van der Waals surface area contributed by atoms with Crippen molar-refractivity contribution in [1.82, 2.24) is 15.1 Å². The Hall–Kier alpha value is -3.81. The Morgan fingerprint density at radius 3 is 2.77 bits per heavy atom. The Balaban J connectivity index is 1.61. The minimum atomic E-state index is -0.410. The Bertz CT molecular complexity index is 1250. The van der Waals surface area contributed by atoms with Gasteiger partial charge in [0.2, 0.25) is 5.88 Å².